The lowest BCUT2D eigenvalue weighted by Crippen LogP contribution is -2.24. The number of Topliss-reactive ketones (excluding diaryl/α,β-unsaturated/α-hetero) is 1. The third-order valence-corrected chi connectivity index (χ3v) is 3.55. The number of aromatic amines is 1. The normalized spacial score (nSPS) is 11.9. The third kappa shape index (κ3) is 5.83. The van der Waals surface area contributed by atoms with Crippen molar-refractivity contribution in [3.63, 3.8) is 0 Å². The largest absolute Gasteiger partial charge is 0.416 e. The van der Waals surface area contributed by atoms with Gasteiger partial charge in [-0.3, -0.25) is 15.0 Å². The van der Waals surface area contributed by atoms with E-state index >= 15 is 0 Å². The van der Waals surface area contributed by atoms with Crippen LogP contribution in [0.2, 0.25) is 0 Å². The molecule has 27 heavy (non-hydrogen) atoms. The Morgan fingerprint density at radius 1 is 1.26 bits per heavy atom. The second-order valence-corrected chi connectivity index (χ2v) is 5.47. The maximum Gasteiger partial charge on any atom is 0.416 e. The van der Waals surface area contributed by atoms with Gasteiger partial charge < -0.3 is 10.7 Å². The first-order valence-electron chi connectivity index (χ1n) is 7.45. The number of hydrogen-bond acceptors (Lipinski definition) is 6. The summed E-state index contributed by atoms with van der Waals surface area (Å²) in [6, 6.07) is 5.12. The van der Waals surface area contributed by atoms with Gasteiger partial charge in [0.1, 0.15) is 11.5 Å². The molecular formula is C16H17F3N6O2. The van der Waals surface area contributed by atoms with E-state index in [2.05, 4.69) is 9.97 Å². The third-order valence-electron chi connectivity index (χ3n) is 3.55. The predicted molar refractivity (Wildman–Crippen MR) is 90.1 cm³/mol. The van der Waals surface area contributed by atoms with Crippen molar-refractivity contribution >= 4 is 11.6 Å². The molecular weight excluding hydrogens is 365 g/mol. The van der Waals surface area contributed by atoms with E-state index in [0.29, 0.717) is 5.56 Å². The summed E-state index contributed by atoms with van der Waals surface area (Å²) in [6.07, 6.45) is -4.76. The van der Waals surface area contributed by atoms with E-state index in [4.69, 9.17) is 22.2 Å². The first kappa shape index (κ1) is 21.7. The fourth-order valence-corrected chi connectivity index (χ4v) is 2.32. The quantitative estimate of drug-likeness (QED) is 0.233. The van der Waals surface area contributed by atoms with Gasteiger partial charge in [-0.2, -0.15) is 13.2 Å². The van der Waals surface area contributed by atoms with Crippen LogP contribution in [0.3, 0.4) is 0 Å². The van der Waals surface area contributed by atoms with Crippen LogP contribution >= 0.6 is 0 Å². The van der Waals surface area contributed by atoms with E-state index in [9.17, 15) is 22.8 Å². The molecule has 1 aromatic carbocycles. The first-order chi connectivity index (χ1) is 12.6. The number of amidine groups is 1. The number of nitrogens with zero attached hydrogens (tertiary/aromatic N) is 1. The highest BCUT2D eigenvalue weighted by atomic mass is 19.4. The van der Waals surface area contributed by atoms with Gasteiger partial charge in [-0.1, -0.05) is 12.1 Å². The van der Waals surface area contributed by atoms with Gasteiger partial charge in [-0.05, 0) is 24.6 Å². The second-order valence-electron chi connectivity index (χ2n) is 5.47. The second kappa shape index (κ2) is 8.83. The van der Waals surface area contributed by atoms with Crippen LogP contribution in [0.1, 0.15) is 39.8 Å². The average Bonchev–Trinajstić information content (AvgIpc) is 2.59. The molecule has 11 heteroatoms. The molecule has 1 unspecified atom stereocenters. The minimum Gasteiger partial charge on any atom is -0.387 e. The lowest BCUT2D eigenvalue weighted by Gasteiger charge is -2.16. The van der Waals surface area contributed by atoms with Crippen LogP contribution in [0.15, 0.2) is 35.1 Å². The highest BCUT2D eigenvalue weighted by molar-refractivity contribution is 5.98. The molecule has 0 aliphatic carbocycles. The summed E-state index contributed by atoms with van der Waals surface area (Å²) < 4.78 is 37.9. The van der Waals surface area contributed by atoms with Crippen LogP contribution < -0.4 is 11.3 Å². The highest BCUT2D eigenvalue weighted by Crippen LogP contribution is 2.31. The molecule has 2 aromatic rings. The number of nitrogens with two attached hydrogens (primary N) is 1. The van der Waals surface area contributed by atoms with Gasteiger partial charge in [0.2, 0.25) is 0 Å². The number of nitrogens with one attached hydrogen (secondary N) is 4. The Bertz CT molecular complexity index is 877. The summed E-state index contributed by atoms with van der Waals surface area (Å²) in [5.41, 5.74) is 14.4. The minimum atomic E-state index is -4.48. The van der Waals surface area contributed by atoms with Crippen LogP contribution in [0.25, 0.3) is 0 Å². The first-order valence-corrected chi connectivity index (χ1v) is 7.45. The maximum atomic E-state index is 12.6. The molecule has 1 atom stereocenters. The summed E-state index contributed by atoms with van der Waals surface area (Å²) >= 11 is 0. The molecule has 0 fully saturated rings. The van der Waals surface area contributed by atoms with Gasteiger partial charge in [0.15, 0.2) is 5.78 Å². The molecule has 0 aliphatic heterocycles. The summed E-state index contributed by atoms with van der Waals surface area (Å²) in [5.74, 6) is -1.55. The Morgan fingerprint density at radius 2 is 1.81 bits per heavy atom. The molecule has 1 aromatic heterocycles. The Hall–Kier alpha value is -3.37. The van der Waals surface area contributed by atoms with Crippen molar-refractivity contribution in [1.82, 2.24) is 9.97 Å². The lowest BCUT2D eigenvalue weighted by atomic mass is 9.91. The predicted octanol–water partition coefficient (Wildman–Crippen LogP) is 2.99. The number of halogens is 3. The van der Waals surface area contributed by atoms with Crippen LogP contribution in [0, 0.1) is 23.4 Å². The molecule has 6 N–H and O–H groups in total. The van der Waals surface area contributed by atoms with E-state index in [1.807, 2.05) is 0 Å². The van der Waals surface area contributed by atoms with Crippen molar-refractivity contribution < 1.29 is 18.0 Å². The lowest BCUT2D eigenvalue weighted by molar-refractivity contribution is -0.137. The molecule has 0 radical (unpaired) electrons. The Kier molecular flexibility index (Phi) is 7.09. The van der Waals surface area contributed by atoms with E-state index in [1.165, 1.54) is 19.1 Å². The number of carbonyl (C=O) groups excluding carboxylic acids is 1. The van der Waals surface area contributed by atoms with Gasteiger partial charge in [0.25, 0.3) is 5.56 Å². The van der Waals surface area contributed by atoms with E-state index in [1.54, 1.807) is 0 Å². The van der Waals surface area contributed by atoms with Gasteiger partial charge in [0, 0.05) is 18.4 Å². The smallest absolute Gasteiger partial charge is 0.387 e. The molecule has 0 bridgehead atoms. The zero-order chi connectivity index (χ0) is 20.8. The van der Waals surface area contributed by atoms with Crippen LogP contribution in [0.5, 0.6) is 0 Å². The number of ketones is 1. The average molecular weight is 382 g/mol. The molecule has 0 spiro atoms. The Labute approximate surface area is 151 Å². The van der Waals surface area contributed by atoms with Crippen LogP contribution in [0.4, 0.5) is 13.2 Å². The molecule has 0 saturated carbocycles. The van der Waals surface area contributed by atoms with Gasteiger partial charge in [-0.25, -0.2) is 16.0 Å². The molecule has 0 aliphatic rings. The number of benzene rings is 1. The summed E-state index contributed by atoms with van der Waals surface area (Å²) in [7, 11) is 0. The van der Waals surface area contributed by atoms with E-state index in [-0.39, 0.29) is 23.8 Å². The fourth-order valence-electron chi connectivity index (χ4n) is 2.32. The standard InChI is InChI=1S/C16H15F3N4O2.H2N2/c1-8-22-12(7-14(25)23-8)13(24)6-11(15(20)21)9-2-4-10(5-3-9)16(17,18)19;1-2/h2-5,7,11H,6H2,1H3,(H3,20,21)(H,22,23,25);1-2H. The zero-order valence-electron chi connectivity index (χ0n) is 14.1. The van der Waals surface area contributed by atoms with E-state index < -0.39 is 29.0 Å². The molecule has 0 saturated heterocycles. The molecule has 144 valence electrons. The minimum absolute atomic E-state index is 0.0839. The highest BCUT2D eigenvalue weighted by Gasteiger charge is 2.30. The molecule has 0 amide bonds. The van der Waals surface area contributed by atoms with Crippen molar-refractivity contribution in [2.45, 2.75) is 25.4 Å². The van der Waals surface area contributed by atoms with Crippen LogP contribution in [-0.2, 0) is 6.18 Å². The summed E-state index contributed by atoms with van der Waals surface area (Å²) in [5, 5.41) is 7.62. The van der Waals surface area contributed by atoms with Gasteiger partial charge in [0.05, 0.1) is 11.4 Å². The molecule has 2 rings (SSSR count). The topological polar surface area (TPSA) is 160 Å². The van der Waals surface area contributed by atoms with Crippen molar-refractivity contribution in [3.05, 3.63) is 63.3 Å². The fraction of sp³-hybridized carbons (Fsp3) is 0.250. The number of carbonyl (C=O) groups is 1. The van der Waals surface area contributed by atoms with Crippen molar-refractivity contribution in [3.8, 4) is 0 Å². The number of H-pyrrole nitrogens is 1. The van der Waals surface area contributed by atoms with Gasteiger partial charge >= 0.3 is 6.18 Å². The Morgan fingerprint density at radius 3 is 2.26 bits per heavy atom. The monoisotopic (exact) mass is 382 g/mol. The van der Waals surface area contributed by atoms with E-state index in [0.717, 1.165) is 18.2 Å². The van der Waals surface area contributed by atoms with Crippen molar-refractivity contribution in [2.24, 2.45) is 5.73 Å². The number of aryl methyl sites for hydroxylation is 1. The zero-order valence-corrected chi connectivity index (χ0v) is 14.1. The maximum absolute atomic E-state index is 12.6. The summed E-state index contributed by atoms with van der Waals surface area (Å²) in [4.78, 5) is 30.1. The number of alkyl halides is 3. The van der Waals surface area contributed by atoms with Gasteiger partial charge in [-0.15, -0.1) is 0 Å². The van der Waals surface area contributed by atoms with Crippen molar-refractivity contribution in [1.29, 1.82) is 16.5 Å². The summed E-state index contributed by atoms with van der Waals surface area (Å²) in [6.45, 7) is 1.51. The molecule has 8 nitrogen and oxygen atoms in total. The molecule has 1 heterocycles. The SMILES string of the molecule is Cc1nc(C(=O)CC(C(=N)N)c2ccc(C(F)(F)F)cc2)cc(=O)[nH]1.N=N. The number of hydrogen-bond donors (Lipinski definition) is 5. The van der Waals surface area contributed by atoms with Crippen molar-refractivity contribution in [2.75, 3.05) is 0 Å². The number of rotatable bonds is 5. The Balaban J connectivity index is 0.00000176. The number of aromatic nitrogens is 2. The van der Waals surface area contributed by atoms with Crippen LogP contribution in [-0.4, -0.2) is 21.6 Å².